The molecular weight excluding hydrogens is 184 g/mol. The van der Waals surface area contributed by atoms with Gasteiger partial charge < -0.3 is 4.40 Å². The number of imidazole rings is 1. The molecule has 80 valence electrons. The van der Waals surface area contributed by atoms with Gasteiger partial charge in [0.1, 0.15) is 5.65 Å². The summed E-state index contributed by atoms with van der Waals surface area (Å²) in [5, 5.41) is 0. The number of nitrogens with zero attached hydrogens (tertiary/aromatic N) is 2. The maximum atomic E-state index is 4.51. The van der Waals surface area contributed by atoms with E-state index >= 15 is 0 Å². The molecule has 0 atom stereocenters. The third-order valence-corrected chi connectivity index (χ3v) is 2.83. The van der Waals surface area contributed by atoms with Crippen LogP contribution in [0.2, 0.25) is 0 Å². The van der Waals surface area contributed by atoms with Crippen LogP contribution < -0.4 is 0 Å². The zero-order chi connectivity index (χ0) is 11.2. The van der Waals surface area contributed by atoms with Crippen molar-refractivity contribution in [2.75, 3.05) is 0 Å². The largest absolute Gasteiger partial charge is 0.301 e. The van der Waals surface area contributed by atoms with Gasteiger partial charge in [0.15, 0.2) is 0 Å². The van der Waals surface area contributed by atoms with Gasteiger partial charge in [-0.3, -0.25) is 0 Å². The normalized spacial score (nSPS) is 12.3. The van der Waals surface area contributed by atoms with Crippen LogP contribution in [-0.4, -0.2) is 9.38 Å². The summed E-state index contributed by atoms with van der Waals surface area (Å²) in [7, 11) is 0. The topological polar surface area (TPSA) is 17.3 Å². The Morgan fingerprint density at radius 1 is 1.07 bits per heavy atom. The van der Waals surface area contributed by atoms with Crippen LogP contribution in [0.1, 0.15) is 37.7 Å². The molecule has 2 rings (SSSR count). The Labute approximate surface area is 91.0 Å². The zero-order valence-electron chi connectivity index (χ0n) is 10.1. The first-order valence-corrected chi connectivity index (χ1v) is 5.35. The lowest BCUT2D eigenvalue weighted by molar-refractivity contribution is 0.591. The van der Waals surface area contributed by atoms with E-state index in [4.69, 9.17) is 0 Å². The molecule has 0 bridgehead atoms. The van der Waals surface area contributed by atoms with Crippen LogP contribution >= 0.6 is 0 Å². The van der Waals surface area contributed by atoms with Gasteiger partial charge in [-0.05, 0) is 25.3 Å². The number of fused-ring (bicyclic) bond motifs is 1. The van der Waals surface area contributed by atoms with Crippen LogP contribution in [0.5, 0.6) is 0 Å². The average molecular weight is 202 g/mol. The predicted octanol–water partition coefficient (Wildman–Crippen LogP) is 3.25. The third kappa shape index (κ3) is 1.54. The highest BCUT2D eigenvalue weighted by Crippen LogP contribution is 2.27. The molecule has 0 aliphatic carbocycles. The zero-order valence-corrected chi connectivity index (χ0v) is 10.1. The second kappa shape index (κ2) is 3.09. The van der Waals surface area contributed by atoms with Crippen molar-refractivity contribution in [2.24, 2.45) is 0 Å². The van der Waals surface area contributed by atoms with Crippen molar-refractivity contribution < 1.29 is 0 Å². The smallest absolute Gasteiger partial charge is 0.140 e. The fraction of sp³-hybridized carbons (Fsp3) is 0.462. The summed E-state index contributed by atoms with van der Waals surface area (Å²) in [6.45, 7) is 10.9. The highest BCUT2D eigenvalue weighted by molar-refractivity contribution is 5.53. The summed E-state index contributed by atoms with van der Waals surface area (Å²) in [5.41, 5.74) is 5.00. The monoisotopic (exact) mass is 202 g/mol. The summed E-state index contributed by atoms with van der Waals surface area (Å²) in [5.74, 6) is 0. The van der Waals surface area contributed by atoms with Crippen LogP contribution in [0.3, 0.4) is 0 Å². The van der Waals surface area contributed by atoms with Gasteiger partial charge in [-0.25, -0.2) is 4.98 Å². The Morgan fingerprint density at radius 3 is 2.33 bits per heavy atom. The van der Waals surface area contributed by atoms with Gasteiger partial charge in [-0.15, -0.1) is 0 Å². The summed E-state index contributed by atoms with van der Waals surface area (Å²) < 4.78 is 2.22. The van der Waals surface area contributed by atoms with Crippen molar-refractivity contribution in [2.45, 2.75) is 40.0 Å². The lowest BCUT2D eigenvalue weighted by atomic mass is 9.87. The summed E-state index contributed by atoms with van der Waals surface area (Å²) in [6.07, 6.45) is 1.94. The van der Waals surface area contributed by atoms with E-state index in [9.17, 15) is 0 Å². The SMILES string of the molecule is Cc1ccc(C(C)(C)C)c2ncc(C)n12. The minimum atomic E-state index is 0.146. The van der Waals surface area contributed by atoms with Gasteiger partial charge in [0.25, 0.3) is 0 Å². The maximum Gasteiger partial charge on any atom is 0.140 e. The molecule has 0 aliphatic heterocycles. The molecule has 2 heterocycles. The lowest BCUT2D eigenvalue weighted by Gasteiger charge is -2.20. The van der Waals surface area contributed by atoms with E-state index in [-0.39, 0.29) is 5.41 Å². The van der Waals surface area contributed by atoms with Crippen molar-refractivity contribution in [3.8, 4) is 0 Å². The number of hydrogen-bond acceptors (Lipinski definition) is 1. The highest BCUT2D eigenvalue weighted by Gasteiger charge is 2.19. The molecule has 2 aromatic heterocycles. The van der Waals surface area contributed by atoms with Gasteiger partial charge in [-0.1, -0.05) is 26.8 Å². The summed E-state index contributed by atoms with van der Waals surface area (Å²) in [6, 6.07) is 4.36. The standard InChI is InChI=1S/C13H18N2/c1-9-6-7-11(13(3,4)5)12-14-8-10(2)15(9)12/h6-8H,1-5H3. The first kappa shape index (κ1) is 10.2. The highest BCUT2D eigenvalue weighted by atomic mass is 15.0. The van der Waals surface area contributed by atoms with E-state index in [1.54, 1.807) is 0 Å². The number of pyridine rings is 1. The average Bonchev–Trinajstić information content (AvgIpc) is 2.47. The second-order valence-electron chi connectivity index (χ2n) is 5.20. The minimum Gasteiger partial charge on any atom is -0.301 e. The molecule has 2 nitrogen and oxygen atoms in total. The minimum absolute atomic E-state index is 0.146. The van der Waals surface area contributed by atoms with Gasteiger partial charge in [0.05, 0.1) is 0 Å². The van der Waals surface area contributed by atoms with E-state index in [0.717, 1.165) is 5.65 Å². The van der Waals surface area contributed by atoms with E-state index in [2.05, 4.69) is 56.1 Å². The Hall–Kier alpha value is -1.31. The lowest BCUT2D eigenvalue weighted by Crippen LogP contribution is -2.13. The molecule has 0 spiro atoms. The van der Waals surface area contributed by atoms with Crippen molar-refractivity contribution >= 4 is 5.65 Å². The number of aromatic nitrogens is 2. The number of aryl methyl sites for hydroxylation is 2. The summed E-state index contributed by atoms with van der Waals surface area (Å²) in [4.78, 5) is 4.51. The van der Waals surface area contributed by atoms with Crippen molar-refractivity contribution in [1.29, 1.82) is 0 Å². The molecule has 15 heavy (non-hydrogen) atoms. The van der Waals surface area contributed by atoms with Crippen molar-refractivity contribution in [3.05, 3.63) is 35.3 Å². The van der Waals surface area contributed by atoms with Crippen LogP contribution in [0.4, 0.5) is 0 Å². The maximum absolute atomic E-state index is 4.51. The molecule has 2 heteroatoms. The molecule has 0 radical (unpaired) electrons. The quantitative estimate of drug-likeness (QED) is 0.641. The second-order valence-corrected chi connectivity index (χ2v) is 5.20. The fourth-order valence-corrected chi connectivity index (χ4v) is 2.01. The van der Waals surface area contributed by atoms with Crippen molar-refractivity contribution in [3.63, 3.8) is 0 Å². The van der Waals surface area contributed by atoms with E-state index in [1.807, 2.05) is 6.20 Å². The first-order chi connectivity index (χ1) is 6.91. The molecule has 0 saturated heterocycles. The van der Waals surface area contributed by atoms with Crippen molar-refractivity contribution in [1.82, 2.24) is 9.38 Å². The van der Waals surface area contributed by atoms with Crippen LogP contribution in [0.25, 0.3) is 5.65 Å². The van der Waals surface area contributed by atoms with Gasteiger partial charge >= 0.3 is 0 Å². The first-order valence-electron chi connectivity index (χ1n) is 5.35. The Balaban J connectivity index is 2.85. The van der Waals surface area contributed by atoms with Crippen LogP contribution in [0, 0.1) is 13.8 Å². The molecule has 0 aromatic carbocycles. The van der Waals surface area contributed by atoms with E-state index in [1.165, 1.54) is 17.0 Å². The molecule has 0 fully saturated rings. The van der Waals surface area contributed by atoms with Gasteiger partial charge in [0.2, 0.25) is 0 Å². The molecule has 0 unspecified atom stereocenters. The molecule has 0 aliphatic rings. The Bertz CT molecular complexity index is 501. The number of hydrogen-bond donors (Lipinski definition) is 0. The molecular formula is C13H18N2. The van der Waals surface area contributed by atoms with E-state index < -0.39 is 0 Å². The Kier molecular flexibility index (Phi) is 2.10. The third-order valence-electron chi connectivity index (χ3n) is 2.83. The molecule has 0 saturated carbocycles. The Morgan fingerprint density at radius 2 is 1.73 bits per heavy atom. The van der Waals surface area contributed by atoms with Gasteiger partial charge in [-0.2, -0.15) is 0 Å². The molecule has 2 aromatic rings. The fourth-order valence-electron chi connectivity index (χ4n) is 2.01. The van der Waals surface area contributed by atoms with Crippen LogP contribution in [-0.2, 0) is 5.41 Å². The molecule has 0 N–H and O–H groups in total. The number of rotatable bonds is 0. The predicted molar refractivity (Wildman–Crippen MR) is 63.4 cm³/mol. The molecule has 0 amide bonds. The van der Waals surface area contributed by atoms with Gasteiger partial charge in [0, 0.05) is 23.1 Å². The summed E-state index contributed by atoms with van der Waals surface area (Å²) >= 11 is 0. The van der Waals surface area contributed by atoms with E-state index in [0.29, 0.717) is 0 Å². The van der Waals surface area contributed by atoms with Crippen LogP contribution in [0.15, 0.2) is 18.3 Å².